The molecular formula is C17H33N3O. The van der Waals surface area contributed by atoms with Crippen molar-refractivity contribution >= 4 is 5.91 Å². The molecule has 122 valence electrons. The Bertz CT molecular complexity index is 315. The molecule has 21 heavy (non-hydrogen) atoms. The number of hydrogen-bond donors (Lipinski definition) is 2. The molecule has 2 saturated heterocycles. The highest BCUT2D eigenvalue weighted by molar-refractivity contribution is 5.76. The monoisotopic (exact) mass is 295 g/mol. The number of carbonyl (C=O) groups excluding carboxylic acids is 1. The highest BCUT2D eigenvalue weighted by Gasteiger charge is 2.32. The fourth-order valence-electron chi connectivity index (χ4n) is 4.07. The molecule has 3 atom stereocenters. The lowest BCUT2D eigenvalue weighted by Gasteiger charge is -2.35. The van der Waals surface area contributed by atoms with Crippen LogP contribution in [0.3, 0.4) is 0 Å². The highest BCUT2D eigenvalue weighted by Crippen LogP contribution is 2.27. The molecule has 0 aromatic rings. The van der Waals surface area contributed by atoms with Crippen LogP contribution in [0, 0.1) is 5.92 Å². The van der Waals surface area contributed by atoms with Crippen LogP contribution in [0.25, 0.3) is 0 Å². The second-order valence-electron chi connectivity index (χ2n) is 6.89. The Morgan fingerprint density at radius 3 is 2.90 bits per heavy atom. The number of carbonyl (C=O) groups is 1. The van der Waals surface area contributed by atoms with Gasteiger partial charge in [0.2, 0.25) is 5.91 Å². The van der Waals surface area contributed by atoms with Gasteiger partial charge >= 0.3 is 0 Å². The van der Waals surface area contributed by atoms with E-state index in [9.17, 15) is 4.79 Å². The quantitative estimate of drug-likeness (QED) is 0.722. The maximum Gasteiger partial charge on any atom is 0.220 e. The van der Waals surface area contributed by atoms with Gasteiger partial charge in [-0.25, -0.2) is 0 Å². The summed E-state index contributed by atoms with van der Waals surface area (Å²) in [5.74, 6) is 0.881. The van der Waals surface area contributed by atoms with Crippen LogP contribution in [0.5, 0.6) is 0 Å². The number of nitrogens with zero attached hydrogens (tertiary/aromatic N) is 1. The molecule has 4 heteroatoms. The molecule has 3 N–H and O–H groups in total. The molecule has 0 aliphatic carbocycles. The van der Waals surface area contributed by atoms with Gasteiger partial charge in [-0.3, -0.25) is 4.79 Å². The molecule has 1 amide bonds. The summed E-state index contributed by atoms with van der Waals surface area (Å²) in [6, 6.07) is 1.14. The molecule has 2 aliphatic rings. The molecule has 2 rings (SSSR count). The van der Waals surface area contributed by atoms with Crippen molar-refractivity contribution in [1.82, 2.24) is 10.2 Å². The second kappa shape index (κ2) is 8.74. The average Bonchev–Trinajstić information content (AvgIpc) is 2.93. The first-order chi connectivity index (χ1) is 10.2. The van der Waals surface area contributed by atoms with Gasteiger partial charge in [-0.15, -0.1) is 0 Å². The van der Waals surface area contributed by atoms with Crippen molar-refractivity contribution in [2.75, 3.05) is 19.6 Å². The smallest absolute Gasteiger partial charge is 0.220 e. The van der Waals surface area contributed by atoms with E-state index in [2.05, 4.69) is 17.1 Å². The van der Waals surface area contributed by atoms with Crippen molar-refractivity contribution in [3.05, 3.63) is 0 Å². The van der Waals surface area contributed by atoms with E-state index in [-0.39, 0.29) is 5.91 Å². The van der Waals surface area contributed by atoms with Gasteiger partial charge in [0.25, 0.3) is 0 Å². The minimum Gasteiger partial charge on any atom is -0.353 e. The lowest BCUT2D eigenvalue weighted by Crippen LogP contribution is -2.47. The van der Waals surface area contributed by atoms with E-state index in [1.54, 1.807) is 0 Å². The number of piperidine rings is 1. The second-order valence-corrected chi connectivity index (χ2v) is 6.89. The van der Waals surface area contributed by atoms with E-state index >= 15 is 0 Å². The van der Waals surface area contributed by atoms with Crippen molar-refractivity contribution in [3.63, 3.8) is 0 Å². The third-order valence-corrected chi connectivity index (χ3v) is 5.24. The summed E-state index contributed by atoms with van der Waals surface area (Å²) < 4.78 is 0. The van der Waals surface area contributed by atoms with Gasteiger partial charge in [0.15, 0.2) is 0 Å². The SMILES string of the molecule is CCCC(CCN)CCC(=O)NC1CCN2CCCC2C1. The van der Waals surface area contributed by atoms with Crippen molar-refractivity contribution in [2.24, 2.45) is 11.7 Å². The third-order valence-electron chi connectivity index (χ3n) is 5.24. The Morgan fingerprint density at radius 2 is 2.14 bits per heavy atom. The maximum absolute atomic E-state index is 12.2. The van der Waals surface area contributed by atoms with Crippen LogP contribution in [0.4, 0.5) is 0 Å². The zero-order chi connectivity index (χ0) is 15.1. The molecule has 0 bridgehead atoms. The van der Waals surface area contributed by atoms with Gasteiger partial charge in [-0.2, -0.15) is 0 Å². The summed E-state index contributed by atoms with van der Waals surface area (Å²) in [6.07, 6.45) is 10.1. The minimum atomic E-state index is 0.254. The lowest BCUT2D eigenvalue weighted by molar-refractivity contribution is -0.122. The molecular weight excluding hydrogens is 262 g/mol. The summed E-state index contributed by atoms with van der Waals surface area (Å²) >= 11 is 0. The van der Waals surface area contributed by atoms with Crippen LogP contribution in [-0.2, 0) is 4.79 Å². The minimum absolute atomic E-state index is 0.254. The number of rotatable bonds is 8. The molecule has 0 saturated carbocycles. The van der Waals surface area contributed by atoms with Crippen LogP contribution in [-0.4, -0.2) is 42.5 Å². The fraction of sp³-hybridized carbons (Fsp3) is 0.941. The third kappa shape index (κ3) is 5.26. The normalized spacial score (nSPS) is 27.3. The van der Waals surface area contributed by atoms with Crippen molar-refractivity contribution < 1.29 is 4.79 Å². The number of hydrogen-bond acceptors (Lipinski definition) is 3. The van der Waals surface area contributed by atoms with Crippen molar-refractivity contribution in [2.45, 2.75) is 76.8 Å². The van der Waals surface area contributed by atoms with Crippen LogP contribution >= 0.6 is 0 Å². The maximum atomic E-state index is 12.2. The van der Waals surface area contributed by atoms with E-state index in [0.29, 0.717) is 18.4 Å². The van der Waals surface area contributed by atoms with Crippen LogP contribution in [0.15, 0.2) is 0 Å². The predicted molar refractivity (Wildman–Crippen MR) is 87.1 cm³/mol. The number of fused-ring (bicyclic) bond motifs is 1. The Labute approximate surface area is 129 Å². The first-order valence-electron chi connectivity index (χ1n) is 8.96. The van der Waals surface area contributed by atoms with Gasteiger partial charge in [0, 0.05) is 25.0 Å². The first kappa shape index (κ1) is 16.8. The first-order valence-corrected chi connectivity index (χ1v) is 8.96. The Morgan fingerprint density at radius 1 is 1.29 bits per heavy atom. The Balaban J connectivity index is 1.66. The average molecular weight is 295 g/mol. The van der Waals surface area contributed by atoms with Crippen LogP contribution < -0.4 is 11.1 Å². The number of amides is 1. The lowest BCUT2D eigenvalue weighted by atomic mass is 9.93. The summed E-state index contributed by atoms with van der Waals surface area (Å²) in [6.45, 7) is 5.38. The van der Waals surface area contributed by atoms with Gasteiger partial charge < -0.3 is 16.0 Å². The van der Waals surface area contributed by atoms with E-state index < -0.39 is 0 Å². The molecule has 4 nitrogen and oxygen atoms in total. The van der Waals surface area contributed by atoms with E-state index in [0.717, 1.165) is 38.3 Å². The van der Waals surface area contributed by atoms with Gasteiger partial charge in [0.1, 0.15) is 0 Å². The van der Waals surface area contributed by atoms with Gasteiger partial charge in [-0.1, -0.05) is 19.8 Å². The molecule has 2 heterocycles. The highest BCUT2D eigenvalue weighted by atomic mass is 16.1. The number of nitrogens with two attached hydrogens (primary N) is 1. The zero-order valence-electron chi connectivity index (χ0n) is 13.7. The van der Waals surface area contributed by atoms with Crippen LogP contribution in [0.1, 0.15) is 64.7 Å². The number of nitrogens with one attached hydrogen (secondary N) is 1. The van der Waals surface area contributed by atoms with Crippen LogP contribution in [0.2, 0.25) is 0 Å². The summed E-state index contributed by atoms with van der Waals surface area (Å²) in [5, 5.41) is 3.27. The molecule has 0 aromatic heterocycles. The van der Waals surface area contributed by atoms with Crippen molar-refractivity contribution in [3.8, 4) is 0 Å². The van der Waals surface area contributed by atoms with E-state index in [1.807, 2.05) is 0 Å². The Kier molecular flexibility index (Phi) is 6.97. The molecule has 0 radical (unpaired) electrons. The standard InChI is InChI=1S/C17H33N3O/c1-2-4-14(8-10-18)6-7-17(21)19-15-9-12-20-11-3-5-16(20)13-15/h14-16H,2-13,18H2,1H3,(H,19,21). The molecule has 0 spiro atoms. The van der Waals surface area contributed by atoms with Gasteiger partial charge in [-0.05, 0) is 57.5 Å². The topological polar surface area (TPSA) is 58.4 Å². The molecule has 3 unspecified atom stereocenters. The summed E-state index contributed by atoms with van der Waals surface area (Å²) in [5.41, 5.74) is 5.66. The van der Waals surface area contributed by atoms with Gasteiger partial charge in [0.05, 0.1) is 0 Å². The molecule has 2 aliphatic heterocycles. The predicted octanol–water partition coefficient (Wildman–Crippen LogP) is 2.27. The van der Waals surface area contributed by atoms with E-state index in [1.165, 1.54) is 38.8 Å². The molecule has 0 aromatic carbocycles. The summed E-state index contributed by atoms with van der Waals surface area (Å²) in [4.78, 5) is 14.8. The fourth-order valence-corrected chi connectivity index (χ4v) is 4.07. The molecule has 2 fully saturated rings. The van der Waals surface area contributed by atoms with E-state index in [4.69, 9.17) is 5.73 Å². The zero-order valence-corrected chi connectivity index (χ0v) is 13.7. The van der Waals surface area contributed by atoms with Crippen molar-refractivity contribution in [1.29, 1.82) is 0 Å². The largest absolute Gasteiger partial charge is 0.353 e. The summed E-state index contributed by atoms with van der Waals surface area (Å²) in [7, 11) is 0. The Hall–Kier alpha value is -0.610.